The third kappa shape index (κ3) is 4.25. The van der Waals surface area contributed by atoms with Crippen LogP contribution in [-0.4, -0.2) is 43.1 Å². The van der Waals surface area contributed by atoms with E-state index in [9.17, 15) is 0 Å². The number of aromatic nitrogens is 2. The molecule has 0 saturated carbocycles. The molecule has 3 unspecified atom stereocenters. The van der Waals surface area contributed by atoms with Gasteiger partial charge in [-0.15, -0.1) is 0 Å². The SMILES string of the molecule is CCCNC1CCOCC1c1nc(C(CCC)OC)no1. The molecule has 1 aromatic heterocycles. The summed E-state index contributed by atoms with van der Waals surface area (Å²) in [6.45, 7) is 6.70. The second kappa shape index (κ2) is 8.46. The number of methoxy groups -OCH3 is 1. The number of hydrogen-bond acceptors (Lipinski definition) is 6. The third-order valence-corrected chi connectivity index (χ3v) is 3.91. The average Bonchev–Trinajstić information content (AvgIpc) is 3.00. The molecule has 1 N–H and O–H groups in total. The maximum absolute atomic E-state index is 5.59. The molecular formula is C15H27N3O3. The number of nitrogens with one attached hydrogen (secondary N) is 1. The Hall–Kier alpha value is -0.980. The largest absolute Gasteiger partial charge is 0.381 e. The van der Waals surface area contributed by atoms with Crippen LogP contribution in [0.25, 0.3) is 0 Å². The molecule has 1 aromatic rings. The van der Waals surface area contributed by atoms with Gasteiger partial charge in [0.2, 0.25) is 11.7 Å². The summed E-state index contributed by atoms with van der Waals surface area (Å²) in [6.07, 6.45) is 3.93. The molecule has 2 rings (SSSR count). The van der Waals surface area contributed by atoms with Crippen LogP contribution in [0.1, 0.15) is 63.3 Å². The van der Waals surface area contributed by atoms with Gasteiger partial charge >= 0.3 is 0 Å². The van der Waals surface area contributed by atoms with Gasteiger partial charge in [-0.05, 0) is 25.8 Å². The van der Waals surface area contributed by atoms with Crippen LogP contribution in [0.5, 0.6) is 0 Å². The lowest BCUT2D eigenvalue weighted by Gasteiger charge is -2.29. The van der Waals surface area contributed by atoms with Gasteiger partial charge in [-0.2, -0.15) is 4.98 Å². The van der Waals surface area contributed by atoms with Gasteiger partial charge in [0.25, 0.3) is 0 Å². The van der Waals surface area contributed by atoms with Crippen molar-refractivity contribution in [2.24, 2.45) is 0 Å². The van der Waals surface area contributed by atoms with E-state index in [2.05, 4.69) is 29.3 Å². The van der Waals surface area contributed by atoms with E-state index < -0.39 is 0 Å². The third-order valence-electron chi connectivity index (χ3n) is 3.91. The molecule has 6 heteroatoms. The lowest BCUT2D eigenvalue weighted by Crippen LogP contribution is -2.41. The van der Waals surface area contributed by atoms with Gasteiger partial charge in [0.1, 0.15) is 6.10 Å². The Bertz CT molecular complexity index is 411. The zero-order valence-corrected chi connectivity index (χ0v) is 13.3. The summed E-state index contributed by atoms with van der Waals surface area (Å²) in [5.74, 6) is 1.44. The highest BCUT2D eigenvalue weighted by Gasteiger charge is 2.32. The summed E-state index contributed by atoms with van der Waals surface area (Å²) >= 11 is 0. The Morgan fingerprint density at radius 2 is 2.24 bits per heavy atom. The second-order valence-electron chi connectivity index (χ2n) is 5.53. The van der Waals surface area contributed by atoms with Gasteiger partial charge < -0.3 is 19.3 Å². The molecule has 1 saturated heterocycles. The summed E-state index contributed by atoms with van der Waals surface area (Å²) in [7, 11) is 1.69. The van der Waals surface area contributed by atoms with Crippen molar-refractivity contribution in [1.29, 1.82) is 0 Å². The predicted molar refractivity (Wildman–Crippen MR) is 79.2 cm³/mol. The van der Waals surface area contributed by atoms with Crippen LogP contribution in [0.2, 0.25) is 0 Å². The summed E-state index contributed by atoms with van der Waals surface area (Å²) in [5.41, 5.74) is 0. The summed E-state index contributed by atoms with van der Waals surface area (Å²) in [4.78, 5) is 4.56. The van der Waals surface area contributed by atoms with Crippen LogP contribution in [0.15, 0.2) is 4.52 Å². The molecule has 1 aliphatic heterocycles. The second-order valence-corrected chi connectivity index (χ2v) is 5.53. The lowest BCUT2D eigenvalue weighted by molar-refractivity contribution is 0.0497. The maximum Gasteiger partial charge on any atom is 0.233 e. The van der Waals surface area contributed by atoms with Crippen molar-refractivity contribution in [3.63, 3.8) is 0 Å². The van der Waals surface area contributed by atoms with E-state index >= 15 is 0 Å². The Morgan fingerprint density at radius 3 is 2.95 bits per heavy atom. The molecule has 0 amide bonds. The summed E-state index contributed by atoms with van der Waals surface area (Å²) < 4.78 is 16.5. The van der Waals surface area contributed by atoms with E-state index in [4.69, 9.17) is 14.0 Å². The highest BCUT2D eigenvalue weighted by Crippen LogP contribution is 2.27. The molecule has 3 atom stereocenters. The minimum atomic E-state index is -0.0842. The van der Waals surface area contributed by atoms with E-state index in [1.807, 2.05) is 0 Å². The number of hydrogen-bond donors (Lipinski definition) is 1. The standard InChI is InChI=1S/C15H27N3O3/c1-4-6-13(19-3)14-17-15(21-18-14)11-10-20-9-7-12(11)16-8-5-2/h11-13,16H,4-10H2,1-3H3. The first-order chi connectivity index (χ1) is 10.3. The van der Waals surface area contributed by atoms with Gasteiger partial charge in [-0.3, -0.25) is 0 Å². The zero-order valence-electron chi connectivity index (χ0n) is 13.3. The quantitative estimate of drug-likeness (QED) is 0.794. The molecule has 0 bridgehead atoms. The number of nitrogens with zero attached hydrogens (tertiary/aromatic N) is 2. The summed E-state index contributed by atoms with van der Waals surface area (Å²) in [5, 5.41) is 7.66. The topological polar surface area (TPSA) is 69.4 Å². The van der Waals surface area contributed by atoms with Crippen LogP contribution in [-0.2, 0) is 9.47 Å². The van der Waals surface area contributed by atoms with Crippen LogP contribution < -0.4 is 5.32 Å². The average molecular weight is 297 g/mol. The normalized spacial score (nSPS) is 24.1. The van der Waals surface area contributed by atoms with Gasteiger partial charge in [-0.1, -0.05) is 25.4 Å². The Labute approximate surface area is 126 Å². The van der Waals surface area contributed by atoms with Gasteiger partial charge in [0.05, 0.1) is 12.5 Å². The number of ether oxygens (including phenoxy) is 2. The van der Waals surface area contributed by atoms with Crippen molar-refractivity contribution in [2.75, 3.05) is 26.9 Å². The van der Waals surface area contributed by atoms with E-state index in [0.717, 1.165) is 38.8 Å². The van der Waals surface area contributed by atoms with Crippen LogP contribution in [0.3, 0.4) is 0 Å². The lowest BCUT2D eigenvalue weighted by atomic mass is 9.95. The molecule has 6 nitrogen and oxygen atoms in total. The fraction of sp³-hybridized carbons (Fsp3) is 0.867. The highest BCUT2D eigenvalue weighted by molar-refractivity contribution is 5.02. The molecule has 0 radical (unpaired) electrons. The molecule has 0 aliphatic carbocycles. The first-order valence-electron chi connectivity index (χ1n) is 7.97. The van der Waals surface area contributed by atoms with Crippen molar-refractivity contribution in [2.45, 2.75) is 57.6 Å². The predicted octanol–water partition coefficient (Wildman–Crippen LogP) is 2.43. The van der Waals surface area contributed by atoms with Crippen molar-refractivity contribution < 1.29 is 14.0 Å². The van der Waals surface area contributed by atoms with Gasteiger partial charge in [0, 0.05) is 19.8 Å². The molecule has 0 aromatic carbocycles. The van der Waals surface area contributed by atoms with Crippen molar-refractivity contribution in [3.8, 4) is 0 Å². The molecule has 21 heavy (non-hydrogen) atoms. The van der Waals surface area contributed by atoms with E-state index in [1.165, 1.54) is 0 Å². The summed E-state index contributed by atoms with van der Waals surface area (Å²) in [6, 6.07) is 0.346. The van der Waals surface area contributed by atoms with Crippen LogP contribution in [0.4, 0.5) is 0 Å². The van der Waals surface area contributed by atoms with E-state index in [-0.39, 0.29) is 12.0 Å². The van der Waals surface area contributed by atoms with Crippen molar-refractivity contribution in [1.82, 2.24) is 15.5 Å². The Balaban J connectivity index is 2.06. The van der Waals surface area contributed by atoms with Crippen molar-refractivity contribution >= 4 is 0 Å². The number of rotatable bonds is 8. The van der Waals surface area contributed by atoms with E-state index in [1.54, 1.807) is 7.11 Å². The molecule has 0 spiro atoms. The van der Waals surface area contributed by atoms with Crippen LogP contribution >= 0.6 is 0 Å². The molecule has 120 valence electrons. The molecule has 1 fully saturated rings. The molecule has 1 aliphatic rings. The van der Waals surface area contributed by atoms with Gasteiger partial charge in [-0.25, -0.2) is 0 Å². The Kier molecular flexibility index (Phi) is 6.60. The van der Waals surface area contributed by atoms with Gasteiger partial charge in [0.15, 0.2) is 0 Å². The minimum Gasteiger partial charge on any atom is -0.381 e. The van der Waals surface area contributed by atoms with Crippen molar-refractivity contribution in [3.05, 3.63) is 11.7 Å². The first kappa shape index (κ1) is 16.4. The fourth-order valence-corrected chi connectivity index (χ4v) is 2.70. The minimum absolute atomic E-state index is 0.0842. The monoisotopic (exact) mass is 297 g/mol. The zero-order chi connectivity index (χ0) is 15.1. The first-order valence-corrected chi connectivity index (χ1v) is 7.97. The molecule has 2 heterocycles. The molecular weight excluding hydrogens is 270 g/mol. The highest BCUT2D eigenvalue weighted by atomic mass is 16.5. The van der Waals surface area contributed by atoms with E-state index in [0.29, 0.717) is 24.4 Å². The maximum atomic E-state index is 5.59. The Morgan fingerprint density at radius 1 is 1.38 bits per heavy atom. The smallest absolute Gasteiger partial charge is 0.233 e. The van der Waals surface area contributed by atoms with Crippen LogP contribution in [0, 0.1) is 0 Å². The fourth-order valence-electron chi connectivity index (χ4n) is 2.70.